The molecule has 0 saturated carbocycles. The molecule has 0 aliphatic rings. The summed E-state index contributed by atoms with van der Waals surface area (Å²) in [5.74, 6) is 0.236. The first-order valence-corrected chi connectivity index (χ1v) is 8.26. The maximum absolute atomic E-state index is 11.2. The Hall–Kier alpha value is -2.22. The highest BCUT2D eigenvalue weighted by molar-refractivity contribution is 5.94. The molecule has 0 atom stereocenters. The van der Waals surface area contributed by atoms with Crippen LogP contribution in [0.2, 0.25) is 0 Å². The van der Waals surface area contributed by atoms with Gasteiger partial charge in [0.2, 0.25) is 0 Å². The lowest BCUT2D eigenvalue weighted by Crippen LogP contribution is -1.94. The molecule has 2 rings (SSSR count). The fraction of sp³-hybridized carbons (Fsp3) is 0.333. The fourth-order valence-corrected chi connectivity index (χ4v) is 2.65. The molecule has 0 aliphatic carbocycles. The van der Waals surface area contributed by atoms with Gasteiger partial charge >= 0.3 is 0 Å². The summed E-state index contributed by atoms with van der Waals surface area (Å²) >= 11 is 0. The van der Waals surface area contributed by atoms with Gasteiger partial charge in [-0.2, -0.15) is 0 Å². The van der Waals surface area contributed by atoms with Crippen LogP contribution >= 0.6 is 0 Å². The predicted molar refractivity (Wildman–Crippen MR) is 94.2 cm³/mol. The number of aryl methyl sites for hydroxylation is 2. The Kier molecular flexibility index (Phi) is 6.28. The fourth-order valence-electron chi connectivity index (χ4n) is 2.65. The molecule has 0 unspecified atom stereocenters. The Labute approximate surface area is 138 Å². The SMILES string of the molecule is CC(=O)c1ccc(CCCCCc2ccc(C(C)=O)cc2)cc1. The number of hydrogen-bond acceptors (Lipinski definition) is 2. The van der Waals surface area contributed by atoms with Crippen LogP contribution in [0.15, 0.2) is 48.5 Å². The van der Waals surface area contributed by atoms with E-state index in [9.17, 15) is 9.59 Å². The van der Waals surface area contributed by atoms with Crippen molar-refractivity contribution in [2.75, 3.05) is 0 Å². The van der Waals surface area contributed by atoms with Gasteiger partial charge in [-0.05, 0) is 50.7 Å². The molecule has 23 heavy (non-hydrogen) atoms. The highest BCUT2D eigenvalue weighted by atomic mass is 16.1. The lowest BCUT2D eigenvalue weighted by atomic mass is 10.0. The molecule has 2 nitrogen and oxygen atoms in total. The van der Waals surface area contributed by atoms with Crippen molar-refractivity contribution in [3.05, 3.63) is 70.8 Å². The van der Waals surface area contributed by atoms with Gasteiger partial charge in [0.25, 0.3) is 0 Å². The lowest BCUT2D eigenvalue weighted by Gasteiger charge is -2.04. The second-order valence-corrected chi connectivity index (χ2v) is 6.07. The Balaban J connectivity index is 1.69. The largest absolute Gasteiger partial charge is 0.295 e. The second kappa shape index (κ2) is 8.42. The molecule has 2 aromatic rings. The predicted octanol–water partition coefficient (Wildman–Crippen LogP) is 5.05. The molecule has 0 aromatic heterocycles. The zero-order valence-electron chi connectivity index (χ0n) is 14.0. The van der Waals surface area contributed by atoms with Gasteiger partial charge in [-0.3, -0.25) is 9.59 Å². The number of Topliss-reactive ketones (excluding diaryl/α,β-unsaturated/α-hetero) is 2. The maximum atomic E-state index is 11.2. The van der Waals surface area contributed by atoms with Gasteiger partial charge in [-0.1, -0.05) is 55.0 Å². The van der Waals surface area contributed by atoms with E-state index in [-0.39, 0.29) is 11.6 Å². The van der Waals surface area contributed by atoms with Crippen LogP contribution in [-0.2, 0) is 12.8 Å². The maximum Gasteiger partial charge on any atom is 0.159 e. The monoisotopic (exact) mass is 308 g/mol. The molecule has 0 fully saturated rings. The molecule has 0 bridgehead atoms. The van der Waals surface area contributed by atoms with Gasteiger partial charge in [-0.15, -0.1) is 0 Å². The minimum absolute atomic E-state index is 0.118. The van der Waals surface area contributed by atoms with Crippen molar-refractivity contribution < 1.29 is 9.59 Å². The Bertz CT molecular complexity index is 592. The summed E-state index contributed by atoms with van der Waals surface area (Å²) in [5.41, 5.74) is 4.15. The van der Waals surface area contributed by atoms with Gasteiger partial charge in [0.15, 0.2) is 11.6 Å². The summed E-state index contributed by atoms with van der Waals surface area (Å²) in [6.45, 7) is 3.19. The number of carbonyl (C=O) groups excluding carboxylic acids is 2. The summed E-state index contributed by atoms with van der Waals surface area (Å²) in [6, 6.07) is 15.9. The van der Waals surface area contributed by atoms with Gasteiger partial charge in [0.05, 0.1) is 0 Å². The van der Waals surface area contributed by atoms with Crippen molar-refractivity contribution in [3.63, 3.8) is 0 Å². The molecular weight excluding hydrogens is 284 g/mol. The van der Waals surface area contributed by atoms with Crippen molar-refractivity contribution in [1.29, 1.82) is 0 Å². The van der Waals surface area contributed by atoms with E-state index in [0.29, 0.717) is 0 Å². The summed E-state index contributed by atoms with van der Waals surface area (Å²) in [6.07, 6.45) is 5.61. The summed E-state index contributed by atoms with van der Waals surface area (Å²) in [7, 11) is 0. The molecule has 0 radical (unpaired) electrons. The van der Waals surface area contributed by atoms with Crippen LogP contribution in [0.5, 0.6) is 0 Å². The zero-order chi connectivity index (χ0) is 16.7. The molecule has 2 aromatic carbocycles. The van der Waals surface area contributed by atoms with Gasteiger partial charge in [0.1, 0.15) is 0 Å². The molecule has 0 amide bonds. The van der Waals surface area contributed by atoms with Crippen molar-refractivity contribution in [3.8, 4) is 0 Å². The number of ketones is 2. The highest BCUT2D eigenvalue weighted by Crippen LogP contribution is 2.12. The van der Waals surface area contributed by atoms with Gasteiger partial charge in [-0.25, -0.2) is 0 Å². The Morgan fingerprint density at radius 3 is 1.26 bits per heavy atom. The summed E-state index contributed by atoms with van der Waals surface area (Å²) in [5, 5.41) is 0. The minimum atomic E-state index is 0.118. The number of rotatable bonds is 8. The van der Waals surface area contributed by atoms with E-state index in [2.05, 4.69) is 24.3 Å². The van der Waals surface area contributed by atoms with Crippen molar-refractivity contribution in [1.82, 2.24) is 0 Å². The van der Waals surface area contributed by atoms with Crippen LogP contribution in [0.3, 0.4) is 0 Å². The van der Waals surface area contributed by atoms with E-state index in [4.69, 9.17) is 0 Å². The van der Waals surface area contributed by atoms with E-state index in [1.165, 1.54) is 17.5 Å². The molecule has 0 aliphatic heterocycles. The molecule has 0 N–H and O–H groups in total. The number of benzene rings is 2. The zero-order valence-corrected chi connectivity index (χ0v) is 14.0. The first-order chi connectivity index (χ1) is 11.1. The molecular formula is C21H24O2. The Morgan fingerprint density at radius 1 is 0.609 bits per heavy atom. The average Bonchev–Trinajstić information content (AvgIpc) is 2.55. The molecule has 0 spiro atoms. The topological polar surface area (TPSA) is 34.1 Å². The molecule has 0 saturated heterocycles. The summed E-state index contributed by atoms with van der Waals surface area (Å²) in [4.78, 5) is 22.5. The van der Waals surface area contributed by atoms with Gasteiger partial charge in [0, 0.05) is 11.1 Å². The van der Waals surface area contributed by atoms with Crippen LogP contribution in [0.25, 0.3) is 0 Å². The van der Waals surface area contributed by atoms with E-state index in [1.54, 1.807) is 13.8 Å². The normalized spacial score (nSPS) is 10.5. The third kappa shape index (κ3) is 5.48. The number of carbonyl (C=O) groups is 2. The third-order valence-corrected chi connectivity index (χ3v) is 4.15. The second-order valence-electron chi connectivity index (χ2n) is 6.07. The first kappa shape index (κ1) is 17.1. The number of hydrogen-bond donors (Lipinski definition) is 0. The van der Waals surface area contributed by atoms with Crippen LogP contribution in [0, 0.1) is 0 Å². The average molecular weight is 308 g/mol. The quantitative estimate of drug-likeness (QED) is 0.505. The first-order valence-electron chi connectivity index (χ1n) is 8.26. The van der Waals surface area contributed by atoms with Gasteiger partial charge < -0.3 is 0 Å². The van der Waals surface area contributed by atoms with Crippen molar-refractivity contribution >= 4 is 11.6 Å². The van der Waals surface area contributed by atoms with E-state index >= 15 is 0 Å². The lowest BCUT2D eigenvalue weighted by molar-refractivity contribution is 0.100. The standard InChI is InChI=1S/C21H24O2/c1-16(22)20-12-8-18(9-13-20)6-4-3-5-7-19-10-14-21(15-11-19)17(2)23/h8-15H,3-7H2,1-2H3. The summed E-state index contributed by atoms with van der Waals surface area (Å²) < 4.78 is 0. The van der Waals surface area contributed by atoms with Crippen LogP contribution < -0.4 is 0 Å². The highest BCUT2D eigenvalue weighted by Gasteiger charge is 2.01. The van der Waals surface area contributed by atoms with Crippen LogP contribution in [0.4, 0.5) is 0 Å². The molecule has 0 heterocycles. The van der Waals surface area contributed by atoms with E-state index in [1.807, 2.05) is 24.3 Å². The van der Waals surface area contributed by atoms with Crippen LogP contribution in [0.1, 0.15) is 65.0 Å². The van der Waals surface area contributed by atoms with E-state index in [0.717, 1.165) is 36.8 Å². The molecule has 120 valence electrons. The number of unbranched alkanes of at least 4 members (excludes halogenated alkanes) is 2. The third-order valence-electron chi connectivity index (χ3n) is 4.15. The van der Waals surface area contributed by atoms with Crippen molar-refractivity contribution in [2.24, 2.45) is 0 Å². The molecule has 2 heteroatoms. The van der Waals surface area contributed by atoms with E-state index < -0.39 is 0 Å². The minimum Gasteiger partial charge on any atom is -0.295 e. The smallest absolute Gasteiger partial charge is 0.159 e. The van der Waals surface area contributed by atoms with Crippen LogP contribution in [-0.4, -0.2) is 11.6 Å². The Morgan fingerprint density at radius 2 is 0.957 bits per heavy atom. The van der Waals surface area contributed by atoms with Crippen molar-refractivity contribution in [2.45, 2.75) is 46.0 Å².